The fourth-order valence-electron chi connectivity index (χ4n) is 1.51. The van der Waals surface area contributed by atoms with Crippen LogP contribution >= 0.6 is 11.6 Å². The summed E-state index contributed by atoms with van der Waals surface area (Å²) >= 11 is 5.70. The first-order chi connectivity index (χ1) is 8.85. The summed E-state index contributed by atoms with van der Waals surface area (Å²) in [6, 6.07) is 6.48. The minimum atomic E-state index is -0.527. The summed E-state index contributed by atoms with van der Waals surface area (Å²) in [5, 5.41) is 20.0. The molecule has 0 N–H and O–H groups in total. The largest absolute Gasteiger partial charge is 0.487 e. The van der Waals surface area contributed by atoms with E-state index in [-0.39, 0.29) is 11.4 Å². The Morgan fingerprint density at radius 3 is 2.79 bits per heavy atom. The van der Waals surface area contributed by atoms with Crippen LogP contribution in [-0.4, -0.2) is 11.5 Å². The maximum atomic E-state index is 10.8. The summed E-state index contributed by atoms with van der Waals surface area (Å²) in [4.78, 5) is 10.3. The standard InChI is InChI=1S/C13H15ClN2O3/c1-13(2,9-15)6-3-7-19-12-5-4-10(14)8-11(12)16(17)18/h4-5,8H,3,6-7H2,1-2H3. The first-order valence-electron chi connectivity index (χ1n) is 5.84. The molecule has 1 aromatic rings. The third-order valence-corrected chi connectivity index (χ3v) is 2.86. The first kappa shape index (κ1) is 15.3. The molecule has 5 nitrogen and oxygen atoms in total. The number of halogens is 1. The van der Waals surface area contributed by atoms with Crippen LogP contribution in [0.4, 0.5) is 5.69 Å². The van der Waals surface area contributed by atoms with Crippen molar-refractivity contribution < 1.29 is 9.66 Å². The van der Waals surface area contributed by atoms with E-state index in [4.69, 9.17) is 21.6 Å². The van der Waals surface area contributed by atoms with Gasteiger partial charge in [0.05, 0.1) is 23.0 Å². The number of rotatable bonds is 6. The lowest BCUT2D eigenvalue weighted by Crippen LogP contribution is -2.10. The highest BCUT2D eigenvalue weighted by molar-refractivity contribution is 6.30. The fraction of sp³-hybridized carbons (Fsp3) is 0.462. The van der Waals surface area contributed by atoms with Crippen molar-refractivity contribution in [2.75, 3.05) is 6.61 Å². The topological polar surface area (TPSA) is 76.2 Å². The predicted octanol–water partition coefficient (Wildman–Crippen LogP) is 3.96. The van der Waals surface area contributed by atoms with E-state index in [9.17, 15) is 10.1 Å². The van der Waals surface area contributed by atoms with Gasteiger partial charge >= 0.3 is 5.69 Å². The van der Waals surface area contributed by atoms with Crippen LogP contribution in [0.15, 0.2) is 18.2 Å². The van der Waals surface area contributed by atoms with Gasteiger partial charge in [-0.2, -0.15) is 5.26 Å². The third-order valence-electron chi connectivity index (χ3n) is 2.62. The summed E-state index contributed by atoms with van der Waals surface area (Å²) < 4.78 is 5.38. The minimum absolute atomic E-state index is 0.146. The van der Waals surface area contributed by atoms with Gasteiger partial charge in [-0.1, -0.05) is 11.6 Å². The lowest BCUT2D eigenvalue weighted by molar-refractivity contribution is -0.385. The number of nitrogens with zero attached hydrogens (tertiary/aromatic N) is 2. The summed E-state index contributed by atoms with van der Waals surface area (Å²) in [5.74, 6) is 0.198. The van der Waals surface area contributed by atoms with Gasteiger partial charge in [0.15, 0.2) is 5.75 Å². The van der Waals surface area contributed by atoms with E-state index in [0.29, 0.717) is 24.5 Å². The van der Waals surface area contributed by atoms with Crippen LogP contribution in [0.5, 0.6) is 5.75 Å². The van der Waals surface area contributed by atoms with Gasteiger partial charge in [-0.15, -0.1) is 0 Å². The molecule has 0 aliphatic carbocycles. The van der Waals surface area contributed by atoms with E-state index < -0.39 is 10.3 Å². The van der Waals surface area contributed by atoms with Crippen LogP contribution in [0.2, 0.25) is 5.02 Å². The lowest BCUT2D eigenvalue weighted by atomic mass is 9.90. The molecule has 0 saturated carbocycles. The molecule has 0 aliphatic heterocycles. The Morgan fingerprint density at radius 2 is 2.21 bits per heavy atom. The minimum Gasteiger partial charge on any atom is -0.487 e. The Morgan fingerprint density at radius 1 is 1.53 bits per heavy atom. The molecule has 0 saturated heterocycles. The lowest BCUT2D eigenvalue weighted by Gasteiger charge is -2.14. The summed E-state index contributed by atoms with van der Waals surface area (Å²) in [5.41, 5.74) is -0.554. The van der Waals surface area contributed by atoms with Gasteiger partial charge in [-0.05, 0) is 38.8 Å². The van der Waals surface area contributed by atoms with Gasteiger partial charge in [-0.25, -0.2) is 0 Å². The highest BCUT2D eigenvalue weighted by Crippen LogP contribution is 2.30. The van der Waals surface area contributed by atoms with Crippen LogP contribution in [0, 0.1) is 26.9 Å². The Labute approximate surface area is 116 Å². The number of hydrogen-bond acceptors (Lipinski definition) is 4. The molecule has 0 bridgehead atoms. The van der Waals surface area contributed by atoms with Crippen molar-refractivity contribution in [3.63, 3.8) is 0 Å². The smallest absolute Gasteiger partial charge is 0.312 e. The van der Waals surface area contributed by atoms with E-state index in [1.165, 1.54) is 12.1 Å². The molecular weight excluding hydrogens is 268 g/mol. The molecule has 0 fully saturated rings. The Bertz CT molecular complexity index is 509. The second kappa shape index (κ2) is 6.39. The molecular formula is C13H15ClN2O3. The average Bonchev–Trinajstić information content (AvgIpc) is 2.36. The zero-order chi connectivity index (χ0) is 14.5. The fourth-order valence-corrected chi connectivity index (χ4v) is 1.67. The molecule has 0 heterocycles. The second-order valence-electron chi connectivity index (χ2n) is 4.82. The third kappa shape index (κ3) is 4.76. The summed E-state index contributed by atoms with van der Waals surface area (Å²) in [6.45, 7) is 4.02. The first-order valence-corrected chi connectivity index (χ1v) is 6.21. The van der Waals surface area contributed by atoms with Crippen LogP contribution in [0.3, 0.4) is 0 Å². The highest BCUT2D eigenvalue weighted by atomic mass is 35.5. The number of hydrogen-bond donors (Lipinski definition) is 0. The van der Waals surface area contributed by atoms with Crippen molar-refractivity contribution in [3.8, 4) is 11.8 Å². The molecule has 0 aliphatic rings. The SMILES string of the molecule is CC(C)(C#N)CCCOc1ccc(Cl)cc1[N+](=O)[O-]. The monoisotopic (exact) mass is 282 g/mol. The van der Waals surface area contributed by atoms with Gasteiger partial charge in [0.25, 0.3) is 0 Å². The van der Waals surface area contributed by atoms with Crippen LogP contribution in [0.25, 0.3) is 0 Å². The zero-order valence-corrected chi connectivity index (χ0v) is 11.6. The molecule has 102 valence electrons. The number of nitriles is 1. The quantitative estimate of drug-likeness (QED) is 0.449. The van der Waals surface area contributed by atoms with Crippen molar-refractivity contribution in [3.05, 3.63) is 33.3 Å². The number of nitro groups is 1. The van der Waals surface area contributed by atoms with Crippen molar-refractivity contribution in [1.29, 1.82) is 5.26 Å². The highest BCUT2D eigenvalue weighted by Gasteiger charge is 2.18. The van der Waals surface area contributed by atoms with Crippen molar-refractivity contribution in [2.24, 2.45) is 5.41 Å². The Hall–Kier alpha value is -1.80. The Balaban J connectivity index is 2.59. The Kier molecular flexibility index (Phi) is 5.13. The van der Waals surface area contributed by atoms with E-state index in [2.05, 4.69) is 6.07 Å². The normalized spacial score (nSPS) is 10.8. The van der Waals surface area contributed by atoms with Gasteiger partial charge < -0.3 is 4.74 Å². The molecule has 1 rings (SSSR count). The van der Waals surface area contributed by atoms with Gasteiger partial charge in [0.1, 0.15) is 0 Å². The maximum absolute atomic E-state index is 10.8. The van der Waals surface area contributed by atoms with Crippen molar-refractivity contribution in [2.45, 2.75) is 26.7 Å². The molecule has 0 spiro atoms. The van der Waals surface area contributed by atoms with Crippen molar-refractivity contribution in [1.82, 2.24) is 0 Å². The second-order valence-corrected chi connectivity index (χ2v) is 5.25. The molecule has 0 amide bonds. The molecule has 0 atom stereocenters. The molecule has 1 aromatic carbocycles. The summed E-state index contributed by atoms with van der Waals surface area (Å²) in [7, 11) is 0. The maximum Gasteiger partial charge on any atom is 0.312 e. The average molecular weight is 283 g/mol. The molecule has 0 aromatic heterocycles. The number of benzene rings is 1. The number of ether oxygens (including phenoxy) is 1. The van der Waals surface area contributed by atoms with E-state index in [1.54, 1.807) is 6.07 Å². The predicted molar refractivity (Wildman–Crippen MR) is 72.2 cm³/mol. The molecule has 0 unspecified atom stereocenters. The molecule has 6 heteroatoms. The molecule has 0 radical (unpaired) electrons. The van der Waals surface area contributed by atoms with Crippen molar-refractivity contribution >= 4 is 17.3 Å². The van der Waals surface area contributed by atoms with Gasteiger partial charge in [0, 0.05) is 11.1 Å². The van der Waals surface area contributed by atoms with Gasteiger partial charge in [-0.3, -0.25) is 10.1 Å². The van der Waals surface area contributed by atoms with Crippen LogP contribution < -0.4 is 4.74 Å². The van der Waals surface area contributed by atoms with Crippen LogP contribution in [0.1, 0.15) is 26.7 Å². The zero-order valence-electron chi connectivity index (χ0n) is 10.9. The van der Waals surface area contributed by atoms with E-state index >= 15 is 0 Å². The molecule has 19 heavy (non-hydrogen) atoms. The van der Waals surface area contributed by atoms with E-state index in [0.717, 1.165) is 0 Å². The van der Waals surface area contributed by atoms with Crippen LogP contribution in [-0.2, 0) is 0 Å². The summed E-state index contributed by atoms with van der Waals surface area (Å²) in [6.07, 6.45) is 1.32. The van der Waals surface area contributed by atoms with Gasteiger partial charge in [0.2, 0.25) is 0 Å². The number of nitro benzene ring substituents is 1. The van der Waals surface area contributed by atoms with E-state index in [1.807, 2.05) is 13.8 Å².